The first kappa shape index (κ1) is 9.32. The Bertz CT molecular complexity index is 201. The number of rotatable bonds is 1. The second-order valence-corrected chi connectivity index (χ2v) is 3.32. The van der Waals surface area contributed by atoms with Gasteiger partial charge in [0.05, 0.1) is 19.8 Å². The predicted octanol–water partition coefficient (Wildman–Crippen LogP) is -2.33. The van der Waals surface area contributed by atoms with E-state index in [1.54, 1.807) is 0 Å². The fourth-order valence-corrected chi connectivity index (χ4v) is 1.81. The molecule has 0 saturated carbocycles. The van der Waals surface area contributed by atoms with E-state index in [0.29, 0.717) is 0 Å². The molecule has 0 radical (unpaired) electrons. The third-order valence-electron chi connectivity index (χ3n) is 2.54. The molecule has 2 rings (SSSR count). The van der Waals surface area contributed by atoms with Gasteiger partial charge in [-0.1, -0.05) is 0 Å². The number of fused-ring (bicyclic) bond motifs is 2. The van der Waals surface area contributed by atoms with Crippen LogP contribution in [-0.4, -0.2) is 64.7 Å². The maximum absolute atomic E-state index is 9.48. The van der Waals surface area contributed by atoms with Gasteiger partial charge in [-0.25, -0.2) is 0 Å². The summed E-state index contributed by atoms with van der Waals surface area (Å²) in [6.45, 7) is 0.236. The Labute approximate surface area is 75.2 Å². The van der Waals surface area contributed by atoms with E-state index in [1.165, 1.54) is 12.2 Å². The van der Waals surface area contributed by atoms with Crippen molar-refractivity contribution in [1.82, 2.24) is 5.06 Å². The molecule has 2 saturated heterocycles. The fraction of sp³-hybridized carbons (Fsp3) is 1.00. The summed E-state index contributed by atoms with van der Waals surface area (Å²) in [4.78, 5) is 4.89. The van der Waals surface area contributed by atoms with Crippen LogP contribution in [0.5, 0.6) is 0 Å². The lowest BCUT2D eigenvalue weighted by molar-refractivity contribution is -0.290. The molecule has 0 unspecified atom stereocenters. The maximum atomic E-state index is 9.48. The summed E-state index contributed by atoms with van der Waals surface area (Å²) >= 11 is 0. The summed E-state index contributed by atoms with van der Waals surface area (Å²) < 4.78 is 5.19. The molecular formula is C7H13NO5. The van der Waals surface area contributed by atoms with E-state index >= 15 is 0 Å². The van der Waals surface area contributed by atoms with Crippen LogP contribution >= 0.6 is 0 Å². The summed E-state index contributed by atoms with van der Waals surface area (Å²) in [6, 6.07) is 0. The van der Waals surface area contributed by atoms with Crippen molar-refractivity contribution in [3.8, 4) is 0 Å². The van der Waals surface area contributed by atoms with E-state index in [4.69, 9.17) is 9.57 Å². The van der Waals surface area contributed by atoms with Gasteiger partial charge >= 0.3 is 0 Å². The van der Waals surface area contributed by atoms with Crippen LogP contribution in [0.2, 0.25) is 0 Å². The number of hydrogen-bond donors (Lipinski definition) is 3. The molecule has 0 aromatic carbocycles. The Kier molecular flexibility index (Phi) is 2.26. The van der Waals surface area contributed by atoms with Crippen LogP contribution in [0.4, 0.5) is 0 Å². The summed E-state index contributed by atoms with van der Waals surface area (Å²) in [6.07, 6.45) is -4.27. The van der Waals surface area contributed by atoms with Gasteiger partial charge in [-0.3, -0.25) is 4.84 Å². The highest BCUT2D eigenvalue weighted by Crippen LogP contribution is 2.31. The molecule has 2 fully saturated rings. The molecule has 6 nitrogen and oxygen atoms in total. The maximum Gasteiger partial charge on any atom is 0.162 e. The molecule has 3 N–H and O–H groups in total. The molecule has 0 spiro atoms. The van der Waals surface area contributed by atoms with Gasteiger partial charge in [-0.2, -0.15) is 5.06 Å². The van der Waals surface area contributed by atoms with Crippen LogP contribution in [0.3, 0.4) is 0 Å². The Morgan fingerprint density at radius 3 is 2.62 bits per heavy atom. The van der Waals surface area contributed by atoms with Gasteiger partial charge in [-0.15, -0.1) is 0 Å². The van der Waals surface area contributed by atoms with Crippen LogP contribution in [-0.2, 0) is 9.57 Å². The first-order chi connectivity index (χ1) is 6.15. The van der Waals surface area contributed by atoms with Gasteiger partial charge in [-0.05, 0) is 0 Å². The van der Waals surface area contributed by atoms with Crippen LogP contribution in [0, 0.1) is 0 Å². The van der Waals surface area contributed by atoms with Crippen LogP contribution in [0.15, 0.2) is 0 Å². The van der Waals surface area contributed by atoms with Crippen molar-refractivity contribution in [3.63, 3.8) is 0 Å². The monoisotopic (exact) mass is 191 g/mol. The zero-order valence-electron chi connectivity index (χ0n) is 7.20. The van der Waals surface area contributed by atoms with Gasteiger partial charge in [0.25, 0.3) is 0 Å². The average Bonchev–Trinajstić information content (AvgIpc) is 2.38. The van der Waals surface area contributed by atoms with E-state index in [1.807, 2.05) is 0 Å². The minimum absolute atomic E-state index is 0.236. The van der Waals surface area contributed by atoms with Crippen molar-refractivity contribution >= 4 is 0 Å². The normalized spacial score (nSPS) is 51.2. The highest BCUT2D eigenvalue weighted by atomic mass is 16.7. The lowest BCUT2D eigenvalue weighted by atomic mass is 10.1. The highest BCUT2D eigenvalue weighted by Gasteiger charge is 2.53. The number of β-amino-alcohol motifs (C(OH)–C–C–N with tert-alkyl or cyclic N) is 1. The Morgan fingerprint density at radius 1 is 1.31 bits per heavy atom. The lowest BCUT2D eigenvalue weighted by Gasteiger charge is -2.34. The quantitative estimate of drug-likeness (QED) is 0.431. The Balaban J connectivity index is 2.17. The zero-order chi connectivity index (χ0) is 9.59. The number of aliphatic hydroxyl groups excluding tert-OH is 3. The third-order valence-corrected chi connectivity index (χ3v) is 2.54. The standard InChI is InChI=1S/C7H13NO5/c1-12-8-2-3(9)6-4(10)5(11)7(8)13-6/h3-7,9-11H,2H2,1H3/t3-,4-,5-,6+,7+/m1/s1. The van der Waals surface area contributed by atoms with Crippen LogP contribution in [0.25, 0.3) is 0 Å². The first-order valence-electron chi connectivity index (χ1n) is 4.15. The van der Waals surface area contributed by atoms with Crippen LogP contribution < -0.4 is 0 Å². The van der Waals surface area contributed by atoms with Crippen molar-refractivity contribution in [2.45, 2.75) is 30.6 Å². The predicted molar refractivity (Wildman–Crippen MR) is 40.4 cm³/mol. The van der Waals surface area contributed by atoms with E-state index < -0.39 is 30.6 Å². The molecule has 2 heterocycles. The average molecular weight is 191 g/mol. The summed E-state index contributed by atoms with van der Waals surface area (Å²) in [5, 5.41) is 29.7. The van der Waals surface area contributed by atoms with Gasteiger partial charge in [0, 0.05) is 0 Å². The number of nitrogens with zero attached hydrogens (tertiary/aromatic N) is 1. The molecule has 5 atom stereocenters. The molecule has 13 heavy (non-hydrogen) atoms. The second-order valence-electron chi connectivity index (χ2n) is 3.32. The van der Waals surface area contributed by atoms with Gasteiger partial charge in [0.1, 0.15) is 18.3 Å². The molecule has 6 heteroatoms. The molecule has 0 amide bonds. The van der Waals surface area contributed by atoms with Gasteiger partial charge in [0.2, 0.25) is 0 Å². The van der Waals surface area contributed by atoms with Crippen molar-refractivity contribution < 1.29 is 24.9 Å². The molecule has 76 valence electrons. The van der Waals surface area contributed by atoms with Crippen molar-refractivity contribution in [2.24, 2.45) is 0 Å². The fourth-order valence-electron chi connectivity index (χ4n) is 1.81. The van der Waals surface area contributed by atoms with Gasteiger partial charge in [0.15, 0.2) is 6.23 Å². The smallest absolute Gasteiger partial charge is 0.162 e. The SMILES string of the molecule is CON1C[C@@H](O)[C@@H]2O[C@H]1[C@H](O)[C@H]2O. The topological polar surface area (TPSA) is 82.4 Å². The number of ether oxygens (including phenoxy) is 1. The molecule has 0 aromatic rings. The Morgan fingerprint density at radius 2 is 2.00 bits per heavy atom. The summed E-state index contributed by atoms with van der Waals surface area (Å²) in [5.74, 6) is 0. The van der Waals surface area contributed by atoms with E-state index in [-0.39, 0.29) is 6.54 Å². The minimum atomic E-state index is -1.04. The van der Waals surface area contributed by atoms with E-state index in [0.717, 1.165) is 0 Å². The van der Waals surface area contributed by atoms with Crippen LogP contribution in [0.1, 0.15) is 0 Å². The minimum Gasteiger partial charge on any atom is -0.389 e. The third kappa shape index (κ3) is 1.26. The highest BCUT2D eigenvalue weighted by molar-refractivity contribution is 4.97. The lowest BCUT2D eigenvalue weighted by Crippen LogP contribution is -2.50. The zero-order valence-corrected chi connectivity index (χ0v) is 7.20. The second kappa shape index (κ2) is 3.16. The van der Waals surface area contributed by atoms with E-state index in [2.05, 4.69) is 0 Å². The molecule has 2 aliphatic heterocycles. The molecule has 0 aliphatic carbocycles. The van der Waals surface area contributed by atoms with Crippen molar-refractivity contribution in [2.75, 3.05) is 13.7 Å². The van der Waals surface area contributed by atoms with Crippen molar-refractivity contribution in [1.29, 1.82) is 0 Å². The van der Waals surface area contributed by atoms with Crippen molar-refractivity contribution in [3.05, 3.63) is 0 Å². The summed E-state index contributed by atoms with van der Waals surface area (Å²) in [7, 11) is 1.42. The molecule has 0 aromatic heterocycles. The van der Waals surface area contributed by atoms with Gasteiger partial charge < -0.3 is 20.1 Å². The first-order valence-corrected chi connectivity index (χ1v) is 4.15. The van der Waals surface area contributed by atoms with E-state index in [9.17, 15) is 15.3 Å². The number of hydrogen-bond acceptors (Lipinski definition) is 6. The molecular weight excluding hydrogens is 178 g/mol. The molecule has 2 bridgehead atoms. The summed E-state index contributed by atoms with van der Waals surface area (Å²) in [5.41, 5.74) is 0. The number of aliphatic hydroxyl groups is 3. The largest absolute Gasteiger partial charge is 0.389 e. The molecule has 2 aliphatic rings. The Hall–Kier alpha value is -0.240. The number of hydroxylamine groups is 2.